The highest BCUT2D eigenvalue weighted by atomic mass is 35.5. The van der Waals surface area contributed by atoms with E-state index in [1.807, 2.05) is 30.3 Å². The smallest absolute Gasteiger partial charge is 0.228 e. The molecule has 2 aromatic heterocycles. The third kappa shape index (κ3) is 3.46. The summed E-state index contributed by atoms with van der Waals surface area (Å²) < 4.78 is 12.6. The number of anilines is 2. The number of benzene rings is 2. The lowest BCUT2D eigenvalue weighted by Gasteiger charge is -2.16. The highest BCUT2D eigenvalue weighted by Crippen LogP contribution is 2.37. The van der Waals surface area contributed by atoms with Gasteiger partial charge in [0.05, 0.1) is 31.0 Å². The SMILES string of the molecule is COc1ccc(-c2nc(N3CCCC3)nc3nn(-c4ccc(Cl)cc4)c(N)c23)cc1OC. The summed E-state index contributed by atoms with van der Waals surface area (Å²) in [4.78, 5) is 11.9. The van der Waals surface area contributed by atoms with Crippen LogP contribution in [0.15, 0.2) is 42.5 Å². The fourth-order valence-corrected chi connectivity index (χ4v) is 4.16. The molecule has 0 unspecified atom stereocenters. The van der Waals surface area contributed by atoms with Gasteiger partial charge >= 0.3 is 0 Å². The Morgan fingerprint density at radius 2 is 1.66 bits per heavy atom. The Labute approximate surface area is 190 Å². The zero-order valence-corrected chi connectivity index (χ0v) is 18.6. The van der Waals surface area contributed by atoms with Crippen molar-refractivity contribution in [2.24, 2.45) is 0 Å². The molecule has 0 radical (unpaired) electrons. The summed E-state index contributed by atoms with van der Waals surface area (Å²) in [5, 5.41) is 6.06. The van der Waals surface area contributed by atoms with Crippen molar-refractivity contribution in [2.45, 2.75) is 12.8 Å². The Morgan fingerprint density at radius 1 is 0.938 bits per heavy atom. The minimum absolute atomic E-state index is 0.458. The first kappa shape index (κ1) is 20.4. The number of rotatable bonds is 5. The van der Waals surface area contributed by atoms with Crippen LogP contribution >= 0.6 is 11.6 Å². The summed E-state index contributed by atoms with van der Waals surface area (Å²) in [5.74, 6) is 2.37. The van der Waals surface area contributed by atoms with E-state index in [1.165, 1.54) is 0 Å². The Kier molecular flexibility index (Phi) is 5.22. The highest BCUT2D eigenvalue weighted by molar-refractivity contribution is 6.30. The summed E-state index contributed by atoms with van der Waals surface area (Å²) in [6.45, 7) is 1.84. The molecule has 2 aromatic carbocycles. The summed E-state index contributed by atoms with van der Waals surface area (Å²) >= 11 is 6.06. The van der Waals surface area contributed by atoms with Crippen LogP contribution in [0.3, 0.4) is 0 Å². The molecule has 4 aromatic rings. The Bertz CT molecular complexity index is 1280. The first-order valence-corrected chi connectivity index (χ1v) is 10.8. The number of ether oxygens (including phenoxy) is 2. The van der Waals surface area contributed by atoms with Gasteiger partial charge in [0.25, 0.3) is 0 Å². The van der Waals surface area contributed by atoms with Crippen LogP contribution < -0.4 is 20.1 Å². The van der Waals surface area contributed by atoms with Crippen LogP contribution in [-0.2, 0) is 0 Å². The summed E-state index contributed by atoms with van der Waals surface area (Å²) in [7, 11) is 3.22. The van der Waals surface area contributed by atoms with E-state index in [0.717, 1.165) is 37.2 Å². The summed E-state index contributed by atoms with van der Waals surface area (Å²) in [5.41, 5.74) is 9.48. The quantitative estimate of drug-likeness (QED) is 0.483. The van der Waals surface area contributed by atoms with Gasteiger partial charge in [-0.3, -0.25) is 0 Å². The molecule has 1 saturated heterocycles. The van der Waals surface area contributed by atoms with E-state index in [1.54, 1.807) is 31.0 Å². The maximum absolute atomic E-state index is 6.60. The van der Waals surface area contributed by atoms with Gasteiger partial charge in [0, 0.05) is 23.7 Å². The molecule has 8 nitrogen and oxygen atoms in total. The first-order chi connectivity index (χ1) is 15.6. The van der Waals surface area contributed by atoms with Gasteiger partial charge in [-0.2, -0.15) is 4.98 Å². The molecule has 0 spiro atoms. The molecule has 2 N–H and O–H groups in total. The fourth-order valence-electron chi connectivity index (χ4n) is 4.03. The fraction of sp³-hybridized carbons (Fsp3) is 0.261. The van der Waals surface area contributed by atoms with Crippen LogP contribution in [0.4, 0.5) is 11.8 Å². The molecule has 0 amide bonds. The Hall–Kier alpha value is -3.52. The van der Waals surface area contributed by atoms with E-state index in [4.69, 9.17) is 41.9 Å². The average Bonchev–Trinajstić information content (AvgIpc) is 3.47. The van der Waals surface area contributed by atoms with Crippen molar-refractivity contribution in [3.05, 3.63) is 47.5 Å². The molecule has 0 saturated carbocycles. The minimum atomic E-state index is 0.458. The standard InChI is InChI=1S/C23H23ClN6O2/c1-31-17-10-5-14(13-18(17)32-2)20-19-21(25)30(16-8-6-15(24)7-9-16)28-22(19)27-23(26-20)29-11-3-4-12-29/h5-10,13H,3-4,11-12,25H2,1-2H3. The molecule has 0 bridgehead atoms. The highest BCUT2D eigenvalue weighted by Gasteiger charge is 2.23. The van der Waals surface area contributed by atoms with Gasteiger partial charge in [-0.15, -0.1) is 5.10 Å². The summed E-state index contributed by atoms with van der Waals surface area (Å²) in [6.07, 6.45) is 2.24. The maximum Gasteiger partial charge on any atom is 0.228 e. The van der Waals surface area contributed by atoms with Gasteiger partial charge in [0.15, 0.2) is 17.1 Å². The van der Waals surface area contributed by atoms with Crippen molar-refractivity contribution in [1.29, 1.82) is 0 Å². The predicted molar refractivity (Wildman–Crippen MR) is 126 cm³/mol. The van der Waals surface area contributed by atoms with E-state index in [9.17, 15) is 0 Å². The van der Waals surface area contributed by atoms with Crippen molar-refractivity contribution >= 4 is 34.4 Å². The largest absolute Gasteiger partial charge is 0.493 e. The molecule has 3 heterocycles. The molecular weight excluding hydrogens is 428 g/mol. The van der Waals surface area contributed by atoms with Crippen LogP contribution in [0.25, 0.3) is 28.0 Å². The second-order valence-electron chi connectivity index (χ2n) is 7.61. The Morgan fingerprint density at radius 3 is 2.34 bits per heavy atom. The monoisotopic (exact) mass is 450 g/mol. The van der Waals surface area contributed by atoms with Crippen molar-refractivity contribution in [3.63, 3.8) is 0 Å². The normalized spacial score (nSPS) is 13.7. The minimum Gasteiger partial charge on any atom is -0.493 e. The van der Waals surface area contributed by atoms with Crippen LogP contribution in [0.2, 0.25) is 5.02 Å². The number of nitrogens with two attached hydrogens (primary N) is 1. The van der Waals surface area contributed by atoms with E-state index < -0.39 is 0 Å². The topological polar surface area (TPSA) is 91.3 Å². The Balaban J connectivity index is 1.75. The lowest BCUT2D eigenvalue weighted by molar-refractivity contribution is 0.355. The number of hydrogen-bond donors (Lipinski definition) is 1. The third-order valence-corrected chi connectivity index (χ3v) is 5.93. The molecular formula is C23H23ClN6O2. The molecule has 9 heteroatoms. The van der Waals surface area contributed by atoms with E-state index >= 15 is 0 Å². The van der Waals surface area contributed by atoms with Gasteiger partial charge in [0.2, 0.25) is 5.95 Å². The second kappa shape index (κ2) is 8.20. The number of nitrogen functional groups attached to an aromatic ring is 1. The van der Waals surface area contributed by atoms with E-state index in [0.29, 0.717) is 45.0 Å². The van der Waals surface area contributed by atoms with Crippen LogP contribution in [-0.4, -0.2) is 47.1 Å². The lowest BCUT2D eigenvalue weighted by Crippen LogP contribution is -2.20. The molecule has 1 aliphatic heterocycles. The number of methoxy groups -OCH3 is 2. The third-order valence-electron chi connectivity index (χ3n) is 5.67. The zero-order valence-electron chi connectivity index (χ0n) is 17.9. The van der Waals surface area contributed by atoms with Crippen LogP contribution in [0.5, 0.6) is 11.5 Å². The number of hydrogen-bond acceptors (Lipinski definition) is 7. The van der Waals surface area contributed by atoms with Crippen molar-refractivity contribution < 1.29 is 9.47 Å². The molecule has 1 aliphatic rings. The van der Waals surface area contributed by atoms with Gasteiger partial charge in [-0.25, -0.2) is 9.67 Å². The molecule has 0 atom stereocenters. The van der Waals surface area contributed by atoms with Gasteiger partial charge in [0.1, 0.15) is 5.82 Å². The number of nitrogens with zero attached hydrogens (tertiary/aromatic N) is 5. The van der Waals surface area contributed by atoms with Gasteiger partial charge in [-0.1, -0.05) is 11.6 Å². The molecule has 164 valence electrons. The molecule has 0 aliphatic carbocycles. The number of aromatic nitrogens is 4. The summed E-state index contributed by atoms with van der Waals surface area (Å²) in [6, 6.07) is 13.0. The zero-order chi connectivity index (χ0) is 22.2. The van der Waals surface area contributed by atoms with Crippen LogP contribution in [0, 0.1) is 0 Å². The predicted octanol–water partition coefficient (Wildman–Crippen LogP) is 4.34. The van der Waals surface area contributed by atoms with Crippen molar-refractivity contribution in [2.75, 3.05) is 37.9 Å². The second-order valence-corrected chi connectivity index (χ2v) is 8.04. The van der Waals surface area contributed by atoms with Gasteiger partial charge < -0.3 is 20.1 Å². The van der Waals surface area contributed by atoms with E-state index in [2.05, 4.69) is 4.90 Å². The van der Waals surface area contributed by atoms with Gasteiger partial charge in [-0.05, 0) is 55.3 Å². The average molecular weight is 451 g/mol. The first-order valence-electron chi connectivity index (χ1n) is 10.4. The van der Waals surface area contributed by atoms with Crippen molar-refractivity contribution in [3.8, 4) is 28.4 Å². The van der Waals surface area contributed by atoms with Crippen LogP contribution in [0.1, 0.15) is 12.8 Å². The van der Waals surface area contributed by atoms with E-state index in [-0.39, 0.29) is 0 Å². The van der Waals surface area contributed by atoms with Crippen molar-refractivity contribution in [1.82, 2.24) is 19.7 Å². The molecule has 1 fully saturated rings. The molecule has 32 heavy (non-hydrogen) atoms. The lowest BCUT2D eigenvalue weighted by atomic mass is 10.1. The number of halogens is 1. The maximum atomic E-state index is 6.60. The molecule has 5 rings (SSSR count). The number of fused-ring (bicyclic) bond motifs is 1.